The first-order chi connectivity index (χ1) is 7.76. The molecular weight excluding hydrogens is 212 g/mol. The van der Waals surface area contributed by atoms with Crippen molar-refractivity contribution in [2.75, 3.05) is 0 Å². The monoisotopic (exact) mass is 240 g/mol. The lowest BCUT2D eigenvalue weighted by atomic mass is 9.52. The van der Waals surface area contributed by atoms with E-state index in [1.165, 1.54) is 19.3 Å². The first kappa shape index (κ1) is 13.4. The van der Waals surface area contributed by atoms with Gasteiger partial charge in [0.2, 0.25) is 0 Å². The molecule has 2 heteroatoms. The van der Waals surface area contributed by atoms with Crippen molar-refractivity contribution in [1.29, 1.82) is 0 Å². The minimum Gasteiger partial charge on any atom is -0.392 e. The molecule has 5 atom stereocenters. The maximum Gasteiger partial charge on any atom is 0.0644 e. The van der Waals surface area contributed by atoms with E-state index in [-0.39, 0.29) is 12.0 Å². The van der Waals surface area contributed by atoms with Crippen LogP contribution in [0, 0.1) is 23.2 Å². The third kappa shape index (κ3) is 2.26. The van der Waals surface area contributed by atoms with E-state index in [1.54, 1.807) is 0 Å². The van der Waals surface area contributed by atoms with Crippen molar-refractivity contribution in [2.24, 2.45) is 23.2 Å². The van der Waals surface area contributed by atoms with Crippen LogP contribution in [0.4, 0.5) is 0 Å². The molecule has 2 fully saturated rings. The quantitative estimate of drug-likeness (QED) is 0.740. The zero-order valence-corrected chi connectivity index (χ0v) is 11.7. The number of fused-ring (bicyclic) bond motifs is 1. The fourth-order valence-electron chi connectivity index (χ4n) is 4.58. The van der Waals surface area contributed by atoms with Gasteiger partial charge in [-0.2, -0.15) is 0 Å². The molecule has 0 aliphatic heterocycles. The fraction of sp³-hybridized carbons (Fsp3) is 1.00. The highest BCUT2D eigenvalue weighted by Crippen LogP contribution is 2.55. The summed E-state index contributed by atoms with van der Waals surface area (Å²) in [5.41, 5.74) is -0.448. The van der Waals surface area contributed by atoms with Crippen LogP contribution >= 0.6 is 0 Å². The number of aliphatic hydroxyl groups excluding tert-OH is 1. The van der Waals surface area contributed by atoms with Crippen LogP contribution in [0.5, 0.6) is 0 Å². The summed E-state index contributed by atoms with van der Waals surface area (Å²) in [6.45, 7) is 8.31. The molecule has 2 saturated carbocycles. The standard InChI is InChI=1S/C15H28O2/c1-10-6-5-8-15(4)9-7-11(14(2,3)17)13(16)12(10)15/h10-13,16-17H,5-9H2,1-4H3/t10-,11-,12-,13+,15-/m1/s1. The maximum atomic E-state index is 10.7. The minimum absolute atomic E-state index is 0.0427. The van der Waals surface area contributed by atoms with E-state index in [1.807, 2.05) is 13.8 Å². The van der Waals surface area contributed by atoms with Crippen LogP contribution in [0.25, 0.3) is 0 Å². The predicted molar refractivity (Wildman–Crippen MR) is 69.6 cm³/mol. The summed E-state index contributed by atoms with van der Waals surface area (Å²) < 4.78 is 0. The van der Waals surface area contributed by atoms with Crippen LogP contribution < -0.4 is 0 Å². The largest absolute Gasteiger partial charge is 0.392 e. The van der Waals surface area contributed by atoms with Gasteiger partial charge in [0.05, 0.1) is 11.7 Å². The van der Waals surface area contributed by atoms with Gasteiger partial charge in [-0.25, -0.2) is 0 Å². The van der Waals surface area contributed by atoms with Crippen LogP contribution in [0.15, 0.2) is 0 Å². The Kier molecular flexibility index (Phi) is 3.33. The van der Waals surface area contributed by atoms with Crippen molar-refractivity contribution in [3.63, 3.8) is 0 Å². The fourth-order valence-corrected chi connectivity index (χ4v) is 4.58. The molecule has 2 nitrogen and oxygen atoms in total. The molecule has 0 radical (unpaired) electrons. The second kappa shape index (κ2) is 4.24. The molecule has 0 saturated heterocycles. The van der Waals surface area contributed by atoms with E-state index in [9.17, 15) is 10.2 Å². The van der Waals surface area contributed by atoms with Gasteiger partial charge in [-0.1, -0.05) is 26.7 Å². The molecule has 17 heavy (non-hydrogen) atoms. The third-order valence-electron chi connectivity index (χ3n) is 5.54. The van der Waals surface area contributed by atoms with Gasteiger partial charge in [-0.05, 0) is 50.4 Å². The molecular formula is C15H28O2. The molecule has 0 aromatic rings. The highest BCUT2D eigenvalue weighted by molar-refractivity contribution is 5.02. The highest BCUT2D eigenvalue weighted by Gasteiger charge is 2.52. The van der Waals surface area contributed by atoms with Crippen LogP contribution in [0.2, 0.25) is 0 Å². The van der Waals surface area contributed by atoms with E-state index < -0.39 is 5.60 Å². The topological polar surface area (TPSA) is 40.5 Å². The zero-order valence-electron chi connectivity index (χ0n) is 11.7. The Morgan fingerprint density at radius 1 is 1.18 bits per heavy atom. The number of rotatable bonds is 1. The summed E-state index contributed by atoms with van der Waals surface area (Å²) in [5.74, 6) is 1.01. The van der Waals surface area contributed by atoms with Crippen LogP contribution in [0.3, 0.4) is 0 Å². The van der Waals surface area contributed by atoms with E-state index in [0.29, 0.717) is 17.3 Å². The summed E-state index contributed by atoms with van der Waals surface area (Å²) in [7, 11) is 0. The second-order valence-corrected chi connectivity index (χ2v) is 7.34. The molecule has 0 aromatic heterocycles. The van der Waals surface area contributed by atoms with Gasteiger partial charge < -0.3 is 10.2 Å². The van der Waals surface area contributed by atoms with Crippen molar-refractivity contribution >= 4 is 0 Å². The lowest BCUT2D eigenvalue weighted by molar-refractivity contribution is -0.151. The second-order valence-electron chi connectivity index (χ2n) is 7.34. The van der Waals surface area contributed by atoms with Crippen LogP contribution in [0.1, 0.15) is 59.8 Å². The molecule has 0 amide bonds. The van der Waals surface area contributed by atoms with Gasteiger partial charge in [0.25, 0.3) is 0 Å². The Bertz CT molecular complexity index is 281. The summed E-state index contributed by atoms with van der Waals surface area (Å²) >= 11 is 0. The lowest BCUT2D eigenvalue weighted by Crippen LogP contribution is -2.55. The Hall–Kier alpha value is -0.0800. The van der Waals surface area contributed by atoms with Gasteiger partial charge in [0.15, 0.2) is 0 Å². The van der Waals surface area contributed by atoms with Crippen molar-refractivity contribution in [1.82, 2.24) is 0 Å². The molecule has 100 valence electrons. The van der Waals surface area contributed by atoms with E-state index in [2.05, 4.69) is 13.8 Å². The smallest absolute Gasteiger partial charge is 0.0644 e. The van der Waals surface area contributed by atoms with Gasteiger partial charge in [-0.3, -0.25) is 0 Å². The molecule has 0 aromatic carbocycles. The van der Waals surface area contributed by atoms with Crippen LogP contribution in [-0.2, 0) is 0 Å². The summed E-state index contributed by atoms with van der Waals surface area (Å²) in [5, 5.41) is 20.9. The maximum absolute atomic E-state index is 10.7. The number of aliphatic hydroxyl groups is 2. The van der Waals surface area contributed by atoms with Gasteiger partial charge in [0.1, 0.15) is 0 Å². The van der Waals surface area contributed by atoms with E-state index in [0.717, 1.165) is 12.8 Å². The Morgan fingerprint density at radius 3 is 2.41 bits per heavy atom. The first-order valence-electron chi connectivity index (χ1n) is 7.16. The van der Waals surface area contributed by atoms with Crippen molar-refractivity contribution < 1.29 is 10.2 Å². The number of hydrogen-bond acceptors (Lipinski definition) is 2. The molecule has 0 heterocycles. The minimum atomic E-state index is -0.752. The molecule has 2 aliphatic rings. The van der Waals surface area contributed by atoms with Gasteiger partial charge in [-0.15, -0.1) is 0 Å². The van der Waals surface area contributed by atoms with Crippen LogP contribution in [-0.4, -0.2) is 21.9 Å². The Labute approximate surface area is 105 Å². The zero-order chi connectivity index (χ0) is 12.8. The van der Waals surface area contributed by atoms with Gasteiger partial charge in [0, 0.05) is 5.92 Å². The average Bonchev–Trinajstić information content (AvgIpc) is 2.14. The molecule has 0 bridgehead atoms. The van der Waals surface area contributed by atoms with Crippen molar-refractivity contribution in [3.8, 4) is 0 Å². The molecule has 2 N–H and O–H groups in total. The van der Waals surface area contributed by atoms with Gasteiger partial charge >= 0.3 is 0 Å². The molecule has 0 spiro atoms. The normalized spacial score (nSPS) is 47.6. The predicted octanol–water partition coefficient (Wildman–Crippen LogP) is 2.97. The van der Waals surface area contributed by atoms with E-state index >= 15 is 0 Å². The summed E-state index contributed by atoms with van der Waals surface area (Å²) in [6, 6.07) is 0. The SMILES string of the molecule is C[C@@H]1CCC[C@]2(C)CC[C@@H](C(C)(C)O)[C@H](O)[C@@H]12. The Morgan fingerprint density at radius 2 is 1.82 bits per heavy atom. The Balaban J connectivity index is 2.24. The third-order valence-corrected chi connectivity index (χ3v) is 5.54. The first-order valence-corrected chi connectivity index (χ1v) is 7.16. The lowest BCUT2D eigenvalue weighted by Gasteiger charge is -2.55. The number of hydrogen-bond donors (Lipinski definition) is 2. The highest BCUT2D eigenvalue weighted by atomic mass is 16.3. The van der Waals surface area contributed by atoms with Crippen molar-refractivity contribution in [2.45, 2.75) is 71.5 Å². The molecule has 2 aliphatic carbocycles. The molecule has 2 rings (SSSR count). The average molecular weight is 240 g/mol. The summed E-state index contributed by atoms with van der Waals surface area (Å²) in [4.78, 5) is 0. The molecule has 0 unspecified atom stereocenters. The van der Waals surface area contributed by atoms with E-state index in [4.69, 9.17) is 0 Å². The summed E-state index contributed by atoms with van der Waals surface area (Å²) in [6.07, 6.45) is 5.57. The van der Waals surface area contributed by atoms with Crippen molar-refractivity contribution in [3.05, 3.63) is 0 Å².